The first kappa shape index (κ1) is 6.56. The predicted octanol–water partition coefficient (Wildman–Crippen LogP) is 0.0928. The molecule has 1 fully saturated rings. The molecule has 0 aliphatic carbocycles. The van der Waals surface area contributed by atoms with Gasteiger partial charge < -0.3 is 4.85 Å². The van der Waals surface area contributed by atoms with E-state index in [1.807, 2.05) is 0 Å². The quantitative estimate of drug-likeness (QED) is 0.453. The Balaban J connectivity index is 2.72. The van der Waals surface area contributed by atoms with Gasteiger partial charge in [-0.15, -0.1) is 0 Å². The highest BCUT2D eigenvalue weighted by Crippen LogP contribution is 2.13. The highest BCUT2D eigenvalue weighted by atomic mass is 32.2. The minimum atomic E-state index is -2.82. The van der Waals surface area contributed by atoms with Gasteiger partial charge in [0.05, 0.1) is 5.75 Å². The lowest BCUT2D eigenvalue weighted by atomic mass is 10.3. The number of hydrogen-bond donors (Lipinski definition) is 0. The molecule has 0 aromatic carbocycles. The maximum Gasteiger partial charge on any atom is 0.238 e. The van der Waals surface area contributed by atoms with Crippen molar-refractivity contribution in [1.29, 1.82) is 0 Å². The molecule has 3 nitrogen and oxygen atoms in total. The Morgan fingerprint density at radius 1 is 1.56 bits per heavy atom. The summed E-state index contributed by atoms with van der Waals surface area (Å²) in [4.78, 5) is 3.15. The van der Waals surface area contributed by atoms with E-state index in [0.29, 0.717) is 6.42 Å². The van der Waals surface area contributed by atoms with E-state index in [1.54, 1.807) is 0 Å². The van der Waals surface area contributed by atoms with Gasteiger partial charge in [0, 0.05) is 6.42 Å². The van der Waals surface area contributed by atoms with Crippen LogP contribution < -0.4 is 0 Å². The van der Waals surface area contributed by atoms with E-state index >= 15 is 0 Å². The molecule has 0 amide bonds. The van der Waals surface area contributed by atoms with Gasteiger partial charge in [-0.05, 0) is 0 Å². The zero-order chi connectivity index (χ0) is 6.91. The van der Waals surface area contributed by atoms with E-state index in [4.69, 9.17) is 6.57 Å². The zero-order valence-electron chi connectivity index (χ0n) is 4.87. The van der Waals surface area contributed by atoms with Gasteiger partial charge in [0.1, 0.15) is 5.75 Å². The highest BCUT2D eigenvalue weighted by molar-refractivity contribution is 7.91. The van der Waals surface area contributed by atoms with E-state index in [-0.39, 0.29) is 17.5 Å². The van der Waals surface area contributed by atoms with E-state index in [2.05, 4.69) is 4.85 Å². The van der Waals surface area contributed by atoms with Crippen molar-refractivity contribution >= 4 is 9.84 Å². The summed E-state index contributed by atoms with van der Waals surface area (Å²) in [5.74, 6) is 0.288. The monoisotopic (exact) mass is 145 g/mol. The number of hydrogen-bond acceptors (Lipinski definition) is 2. The second-order valence-electron chi connectivity index (χ2n) is 2.19. The van der Waals surface area contributed by atoms with E-state index < -0.39 is 9.84 Å². The SMILES string of the molecule is [C-]#[N+]C1CCS(=O)(=O)C1. The second kappa shape index (κ2) is 1.99. The summed E-state index contributed by atoms with van der Waals surface area (Å²) in [5.41, 5.74) is 0. The Morgan fingerprint density at radius 2 is 2.22 bits per heavy atom. The van der Waals surface area contributed by atoms with Gasteiger partial charge in [-0.2, -0.15) is 0 Å². The van der Waals surface area contributed by atoms with Gasteiger partial charge in [0.25, 0.3) is 0 Å². The molecule has 1 unspecified atom stereocenters. The van der Waals surface area contributed by atoms with Gasteiger partial charge in [0.2, 0.25) is 6.04 Å². The van der Waals surface area contributed by atoms with Crippen LogP contribution >= 0.6 is 0 Å². The molecule has 0 spiro atoms. The molecule has 0 aromatic rings. The first-order valence-electron chi connectivity index (χ1n) is 2.71. The van der Waals surface area contributed by atoms with Crippen LogP contribution in [0.3, 0.4) is 0 Å². The van der Waals surface area contributed by atoms with Crippen molar-refractivity contribution in [2.75, 3.05) is 11.5 Å². The minimum Gasteiger partial charge on any atom is -0.313 e. The summed E-state index contributed by atoms with van der Waals surface area (Å²) < 4.78 is 21.3. The first-order chi connectivity index (χ1) is 4.14. The molecular weight excluding hydrogens is 138 g/mol. The van der Waals surface area contributed by atoms with Gasteiger partial charge in [0.15, 0.2) is 9.84 Å². The number of nitrogens with zero attached hydrogens (tertiary/aromatic N) is 1. The Hall–Kier alpha value is -0.560. The lowest BCUT2D eigenvalue weighted by molar-refractivity contribution is 0.602. The molecule has 1 saturated heterocycles. The molecule has 9 heavy (non-hydrogen) atoms. The summed E-state index contributed by atoms with van der Waals surface area (Å²) >= 11 is 0. The van der Waals surface area contributed by atoms with Crippen molar-refractivity contribution in [3.05, 3.63) is 11.4 Å². The van der Waals surface area contributed by atoms with Crippen LogP contribution in [-0.2, 0) is 9.84 Å². The lowest BCUT2D eigenvalue weighted by Gasteiger charge is -1.85. The molecule has 50 valence electrons. The Morgan fingerprint density at radius 3 is 2.44 bits per heavy atom. The molecule has 1 heterocycles. The maximum absolute atomic E-state index is 10.7. The molecule has 1 rings (SSSR count). The topological polar surface area (TPSA) is 38.5 Å². The largest absolute Gasteiger partial charge is 0.313 e. The molecule has 0 saturated carbocycles. The summed E-state index contributed by atoms with van der Waals surface area (Å²) in [5, 5.41) is 0. The van der Waals surface area contributed by atoms with Crippen LogP contribution in [0.15, 0.2) is 0 Å². The number of rotatable bonds is 0. The summed E-state index contributed by atoms with van der Waals surface area (Å²) in [7, 11) is -2.82. The fraction of sp³-hybridized carbons (Fsp3) is 0.800. The standard InChI is InChI=1S/C5H7NO2S/c1-6-5-2-3-9(7,8)4-5/h5H,2-4H2. The molecule has 1 aliphatic rings. The van der Waals surface area contributed by atoms with Crippen LogP contribution in [0.25, 0.3) is 4.85 Å². The van der Waals surface area contributed by atoms with Crippen LogP contribution in [0.1, 0.15) is 6.42 Å². The number of sulfone groups is 1. The molecule has 0 aromatic heterocycles. The van der Waals surface area contributed by atoms with Crippen LogP contribution in [0.5, 0.6) is 0 Å². The van der Waals surface area contributed by atoms with Crippen molar-refractivity contribution in [3.8, 4) is 0 Å². The van der Waals surface area contributed by atoms with Gasteiger partial charge in [-0.1, -0.05) is 0 Å². The molecule has 0 bridgehead atoms. The minimum absolute atomic E-state index is 0.0799. The van der Waals surface area contributed by atoms with Crippen LogP contribution in [0, 0.1) is 6.57 Å². The molecule has 0 N–H and O–H groups in total. The Labute approximate surface area is 54.4 Å². The molecular formula is C5H7NO2S. The van der Waals surface area contributed by atoms with Crippen molar-refractivity contribution in [3.63, 3.8) is 0 Å². The second-order valence-corrected chi connectivity index (χ2v) is 4.41. The van der Waals surface area contributed by atoms with Crippen molar-refractivity contribution in [2.24, 2.45) is 0 Å². The fourth-order valence-corrected chi connectivity index (χ4v) is 2.50. The summed E-state index contributed by atoms with van der Waals surface area (Å²) in [6.07, 6.45) is 0.534. The van der Waals surface area contributed by atoms with Crippen LogP contribution in [0.4, 0.5) is 0 Å². The average Bonchev–Trinajstić information content (AvgIpc) is 2.10. The lowest BCUT2D eigenvalue weighted by Crippen LogP contribution is -2.04. The van der Waals surface area contributed by atoms with E-state index in [9.17, 15) is 8.42 Å². The van der Waals surface area contributed by atoms with Crippen molar-refractivity contribution < 1.29 is 8.42 Å². The maximum atomic E-state index is 10.7. The third-order valence-electron chi connectivity index (χ3n) is 1.39. The van der Waals surface area contributed by atoms with Gasteiger partial charge in [-0.3, -0.25) is 0 Å². The molecule has 4 heteroatoms. The predicted molar refractivity (Wildman–Crippen MR) is 33.7 cm³/mol. The Kier molecular flexibility index (Phi) is 1.45. The van der Waals surface area contributed by atoms with Crippen molar-refractivity contribution in [2.45, 2.75) is 12.5 Å². The van der Waals surface area contributed by atoms with E-state index in [1.165, 1.54) is 0 Å². The normalized spacial score (nSPS) is 31.7. The summed E-state index contributed by atoms with van der Waals surface area (Å²) in [6.45, 7) is 6.54. The smallest absolute Gasteiger partial charge is 0.238 e. The van der Waals surface area contributed by atoms with Crippen molar-refractivity contribution in [1.82, 2.24) is 0 Å². The van der Waals surface area contributed by atoms with Gasteiger partial charge >= 0.3 is 0 Å². The van der Waals surface area contributed by atoms with Crippen LogP contribution in [-0.4, -0.2) is 26.0 Å². The Bertz CT molecular complexity index is 236. The zero-order valence-corrected chi connectivity index (χ0v) is 5.69. The molecule has 1 atom stereocenters. The van der Waals surface area contributed by atoms with Gasteiger partial charge in [-0.25, -0.2) is 15.0 Å². The third-order valence-corrected chi connectivity index (χ3v) is 3.14. The van der Waals surface area contributed by atoms with Crippen LogP contribution in [0.2, 0.25) is 0 Å². The van der Waals surface area contributed by atoms with E-state index in [0.717, 1.165) is 0 Å². The summed E-state index contributed by atoms with van der Waals surface area (Å²) in [6, 6.07) is -0.255. The fourth-order valence-electron chi connectivity index (χ4n) is 0.877. The molecule has 1 aliphatic heterocycles. The molecule has 0 radical (unpaired) electrons. The highest BCUT2D eigenvalue weighted by Gasteiger charge is 2.31. The first-order valence-corrected chi connectivity index (χ1v) is 4.53. The average molecular weight is 145 g/mol. The third kappa shape index (κ3) is 1.42.